The van der Waals surface area contributed by atoms with Crippen LogP contribution >= 0.6 is 0 Å². The van der Waals surface area contributed by atoms with Crippen LogP contribution in [0.25, 0.3) is 0 Å². The van der Waals surface area contributed by atoms with Crippen molar-refractivity contribution in [2.24, 2.45) is 7.05 Å². The van der Waals surface area contributed by atoms with Crippen LogP contribution < -0.4 is 5.32 Å². The van der Waals surface area contributed by atoms with Crippen LogP contribution in [0.3, 0.4) is 0 Å². The maximum Gasteiger partial charge on any atom is 0.233 e. The van der Waals surface area contributed by atoms with E-state index in [1.807, 2.05) is 0 Å². The van der Waals surface area contributed by atoms with Crippen LogP contribution in [-0.2, 0) is 16.6 Å². The Morgan fingerprint density at radius 2 is 2.31 bits per heavy atom. The van der Waals surface area contributed by atoms with Crippen molar-refractivity contribution in [1.82, 2.24) is 9.78 Å². The number of anilines is 1. The van der Waals surface area contributed by atoms with Gasteiger partial charge in [0.05, 0.1) is 6.42 Å². The number of aryl methyl sites for hydroxylation is 1. The Kier molecular flexibility index (Phi) is 2.79. The van der Waals surface area contributed by atoms with E-state index >= 15 is 0 Å². The number of carbonyl (C=O) groups is 2. The predicted molar refractivity (Wildman–Crippen MR) is 47.1 cm³/mol. The minimum absolute atomic E-state index is 0.101. The second kappa shape index (κ2) is 3.84. The highest BCUT2D eigenvalue weighted by atomic mass is 16.2. The van der Waals surface area contributed by atoms with Gasteiger partial charge in [0, 0.05) is 19.3 Å². The first-order valence-corrected chi connectivity index (χ1v) is 3.87. The minimum Gasteiger partial charge on any atom is -0.309 e. The molecule has 0 aliphatic heterocycles. The number of aromatic nitrogens is 2. The second-order valence-corrected chi connectivity index (χ2v) is 2.80. The molecule has 0 unspecified atom stereocenters. The molecule has 5 heteroatoms. The van der Waals surface area contributed by atoms with Crippen LogP contribution in [0.4, 0.5) is 5.82 Å². The van der Waals surface area contributed by atoms with Gasteiger partial charge in [-0.25, -0.2) is 0 Å². The van der Waals surface area contributed by atoms with E-state index in [-0.39, 0.29) is 18.1 Å². The maximum absolute atomic E-state index is 11.1. The van der Waals surface area contributed by atoms with Gasteiger partial charge in [-0.05, 0) is 6.92 Å². The summed E-state index contributed by atoms with van der Waals surface area (Å²) in [6, 6.07) is 1.66. The Hall–Kier alpha value is -1.65. The lowest BCUT2D eigenvalue weighted by atomic mass is 10.3. The zero-order chi connectivity index (χ0) is 9.84. The molecule has 1 heterocycles. The largest absolute Gasteiger partial charge is 0.309 e. The number of nitrogens with one attached hydrogen (secondary N) is 1. The molecule has 0 aliphatic carbocycles. The molecule has 0 radical (unpaired) electrons. The third-order valence-corrected chi connectivity index (χ3v) is 1.39. The van der Waals surface area contributed by atoms with Crippen LogP contribution in [0.15, 0.2) is 12.3 Å². The van der Waals surface area contributed by atoms with Crippen molar-refractivity contribution in [1.29, 1.82) is 0 Å². The van der Waals surface area contributed by atoms with Crippen LogP contribution in [0.5, 0.6) is 0 Å². The molecule has 0 saturated heterocycles. The molecule has 1 amide bonds. The minimum atomic E-state index is -0.328. The van der Waals surface area contributed by atoms with Crippen LogP contribution in [0.2, 0.25) is 0 Å². The standard InChI is InChI=1S/C8H11N3O2/c1-6(12)5-8(13)9-7-3-4-11(2)10-7/h3-4H,5H2,1-2H3,(H,9,10,13). The molecule has 0 spiro atoms. The number of amides is 1. The predicted octanol–water partition coefficient (Wildman–Crippen LogP) is 0.338. The Labute approximate surface area is 75.7 Å². The lowest BCUT2D eigenvalue weighted by molar-refractivity contribution is -0.124. The number of ketones is 1. The number of hydrogen-bond acceptors (Lipinski definition) is 3. The number of carbonyl (C=O) groups excluding carboxylic acids is 2. The highest BCUT2D eigenvalue weighted by Gasteiger charge is 2.06. The molecule has 1 aromatic rings. The Morgan fingerprint density at radius 1 is 1.62 bits per heavy atom. The molecule has 1 rings (SSSR count). The maximum atomic E-state index is 11.1. The monoisotopic (exact) mass is 181 g/mol. The Balaban J connectivity index is 2.50. The van der Waals surface area contributed by atoms with Gasteiger partial charge in [0.15, 0.2) is 5.82 Å². The average Bonchev–Trinajstić information content (AvgIpc) is 2.33. The van der Waals surface area contributed by atoms with E-state index in [9.17, 15) is 9.59 Å². The van der Waals surface area contributed by atoms with Gasteiger partial charge in [0.1, 0.15) is 5.78 Å². The first-order valence-electron chi connectivity index (χ1n) is 3.87. The summed E-state index contributed by atoms with van der Waals surface area (Å²) in [5.41, 5.74) is 0. The summed E-state index contributed by atoms with van der Waals surface area (Å²) in [6.07, 6.45) is 1.61. The van der Waals surface area contributed by atoms with Gasteiger partial charge in [-0.3, -0.25) is 14.3 Å². The molecular weight excluding hydrogens is 170 g/mol. The third-order valence-electron chi connectivity index (χ3n) is 1.39. The van der Waals surface area contributed by atoms with E-state index in [0.29, 0.717) is 5.82 Å². The van der Waals surface area contributed by atoms with Crippen LogP contribution in [0, 0.1) is 0 Å². The fourth-order valence-corrected chi connectivity index (χ4v) is 0.895. The van der Waals surface area contributed by atoms with E-state index in [1.54, 1.807) is 24.0 Å². The molecule has 0 bridgehead atoms. The Bertz CT molecular complexity index is 330. The van der Waals surface area contributed by atoms with Crippen molar-refractivity contribution in [3.05, 3.63) is 12.3 Å². The second-order valence-electron chi connectivity index (χ2n) is 2.80. The molecule has 0 aromatic carbocycles. The van der Waals surface area contributed by atoms with Gasteiger partial charge < -0.3 is 5.32 Å². The Morgan fingerprint density at radius 3 is 2.77 bits per heavy atom. The van der Waals surface area contributed by atoms with Crippen molar-refractivity contribution in [2.75, 3.05) is 5.32 Å². The van der Waals surface area contributed by atoms with Gasteiger partial charge >= 0.3 is 0 Å². The normalized spacial score (nSPS) is 9.69. The summed E-state index contributed by atoms with van der Waals surface area (Å²) < 4.78 is 1.57. The fraction of sp³-hybridized carbons (Fsp3) is 0.375. The number of hydrogen-bond donors (Lipinski definition) is 1. The lowest BCUT2D eigenvalue weighted by Gasteiger charge is -1.97. The fourth-order valence-electron chi connectivity index (χ4n) is 0.895. The summed E-state index contributed by atoms with van der Waals surface area (Å²) in [5.74, 6) is -0.0200. The highest BCUT2D eigenvalue weighted by Crippen LogP contribution is 2.01. The van der Waals surface area contributed by atoms with Crippen molar-refractivity contribution in [3.63, 3.8) is 0 Å². The molecule has 0 saturated carbocycles. The van der Waals surface area contributed by atoms with E-state index in [4.69, 9.17) is 0 Å². The number of rotatable bonds is 3. The van der Waals surface area contributed by atoms with Crippen LogP contribution in [-0.4, -0.2) is 21.5 Å². The molecule has 0 atom stereocenters. The van der Waals surface area contributed by atoms with Crippen molar-refractivity contribution in [2.45, 2.75) is 13.3 Å². The van der Waals surface area contributed by atoms with Crippen molar-refractivity contribution in [3.8, 4) is 0 Å². The zero-order valence-corrected chi connectivity index (χ0v) is 7.57. The van der Waals surface area contributed by atoms with Gasteiger partial charge in [0.25, 0.3) is 0 Å². The molecule has 0 fully saturated rings. The first kappa shape index (κ1) is 9.44. The van der Waals surface area contributed by atoms with E-state index < -0.39 is 0 Å². The SMILES string of the molecule is CC(=O)CC(=O)Nc1ccn(C)n1. The molecule has 13 heavy (non-hydrogen) atoms. The van der Waals surface area contributed by atoms with Crippen molar-refractivity contribution >= 4 is 17.5 Å². The van der Waals surface area contributed by atoms with Crippen molar-refractivity contribution < 1.29 is 9.59 Å². The quantitative estimate of drug-likeness (QED) is 0.684. The van der Waals surface area contributed by atoms with E-state index in [1.165, 1.54) is 6.92 Å². The smallest absolute Gasteiger partial charge is 0.233 e. The topological polar surface area (TPSA) is 64.0 Å². The summed E-state index contributed by atoms with van der Waals surface area (Å²) in [4.78, 5) is 21.6. The molecule has 70 valence electrons. The molecule has 0 aliphatic rings. The number of nitrogens with zero attached hydrogens (tertiary/aromatic N) is 2. The number of Topliss-reactive ketones (excluding diaryl/α,β-unsaturated/α-hetero) is 1. The molecular formula is C8H11N3O2. The summed E-state index contributed by atoms with van der Waals surface area (Å²) >= 11 is 0. The molecule has 1 aromatic heterocycles. The third kappa shape index (κ3) is 3.06. The van der Waals surface area contributed by atoms with Crippen LogP contribution in [0.1, 0.15) is 13.3 Å². The van der Waals surface area contributed by atoms with Gasteiger partial charge in [0.2, 0.25) is 5.91 Å². The van der Waals surface area contributed by atoms with Gasteiger partial charge in [-0.1, -0.05) is 0 Å². The van der Waals surface area contributed by atoms with Gasteiger partial charge in [-0.2, -0.15) is 5.10 Å². The van der Waals surface area contributed by atoms with E-state index in [0.717, 1.165) is 0 Å². The molecule has 1 N–H and O–H groups in total. The average molecular weight is 181 g/mol. The lowest BCUT2D eigenvalue weighted by Crippen LogP contribution is -2.15. The summed E-state index contributed by atoms with van der Waals surface area (Å²) in [6.45, 7) is 1.37. The van der Waals surface area contributed by atoms with E-state index in [2.05, 4.69) is 10.4 Å². The zero-order valence-electron chi connectivity index (χ0n) is 7.57. The summed E-state index contributed by atoms with van der Waals surface area (Å²) in [7, 11) is 1.75. The first-order chi connectivity index (χ1) is 6.08. The highest BCUT2D eigenvalue weighted by molar-refractivity contribution is 6.03. The van der Waals surface area contributed by atoms with Gasteiger partial charge in [-0.15, -0.1) is 0 Å². The molecule has 5 nitrogen and oxygen atoms in total. The summed E-state index contributed by atoms with van der Waals surface area (Å²) in [5, 5.41) is 6.43.